The third-order valence-electron chi connectivity index (χ3n) is 4.46. The summed E-state index contributed by atoms with van der Waals surface area (Å²) < 4.78 is 50.6. The van der Waals surface area contributed by atoms with E-state index in [1.807, 2.05) is 0 Å². The summed E-state index contributed by atoms with van der Waals surface area (Å²) in [5, 5.41) is 0. The summed E-state index contributed by atoms with van der Waals surface area (Å²) in [5.74, 6) is 0.276. The van der Waals surface area contributed by atoms with Crippen LogP contribution in [0.25, 0.3) is 11.2 Å². The highest BCUT2D eigenvalue weighted by Gasteiger charge is 2.54. The predicted octanol–water partition coefficient (Wildman–Crippen LogP) is 0.646. The van der Waals surface area contributed by atoms with E-state index in [-0.39, 0.29) is 23.6 Å². The zero-order chi connectivity index (χ0) is 20.3. The van der Waals surface area contributed by atoms with Crippen LogP contribution in [0.15, 0.2) is 6.33 Å². The number of hydrogen-bond acceptors (Lipinski definition) is 11. The Morgan fingerprint density at radius 1 is 1.21 bits per heavy atom. The van der Waals surface area contributed by atoms with Crippen LogP contribution in [-0.2, 0) is 32.0 Å². The van der Waals surface area contributed by atoms with Gasteiger partial charge in [-0.15, -0.1) is 0 Å². The zero-order valence-corrected chi connectivity index (χ0v) is 16.4. The Hall–Kier alpha value is -1.47. The monoisotopic (exact) mass is 437 g/mol. The smallest absolute Gasteiger partial charge is 0.382 e. The molecular weight excluding hydrogens is 420 g/mol. The summed E-state index contributed by atoms with van der Waals surface area (Å²) in [5.41, 5.74) is 6.41. The molecule has 2 unspecified atom stereocenters. The van der Waals surface area contributed by atoms with Crippen molar-refractivity contribution in [3.63, 3.8) is 0 Å². The first-order chi connectivity index (χ1) is 13.2. The molecule has 154 valence electrons. The summed E-state index contributed by atoms with van der Waals surface area (Å²) in [6.07, 6.45) is -2.69. The van der Waals surface area contributed by atoms with Crippen LogP contribution < -0.4 is 5.73 Å². The number of nitrogen functional groups attached to an aromatic ring is 1. The molecular formula is C12H17N5O9P2. The van der Waals surface area contributed by atoms with Crippen LogP contribution in [0.2, 0.25) is 0 Å². The molecule has 0 aromatic carbocycles. The third kappa shape index (κ3) is 3.26. The molecule has 4 N–H and O–H groups in total. The van der Waals surface area contributed by atoms with Gasteiger partial charge in [0, 0.05) is 20.6 Å². The lowest BCUT2D eigenvalue weighted by Crippen LogP contribution is -2.35. The van der Waals surface area contributed by atoms with Crippen LogP contribution >= 0.6 is 15.6 Å². The second kappa shape index (κ2) is 6.80. The number of nitrogens with two attached hydrogens (primary N) is 1. The van der Waals surface area contributed by atoms with Gasteiger partial charge in [-0.1, -0.05) is 0 Å². The highest BCUT2D eigenvalue weighted by atomic mass is 31.2. The molecule has 0 spiro atoms. The van der Waals surface area contributed by atoms with Crippen LogP contribution in [0.4, 0.5) is 5.82 Å². The SMILES string of the molecule is COP(=O)(O)O[C@H]1C[C@H]2O[C@@H]1[C@@H](OP(=O)(O)OC)c1nc3c(N)ncnc3n12. The molecule has 4 heterocycles. The third-order valence-corrected chi connectivity index (χ3v) is 6.42. The average Bonchev–Trinajstić information content (AvgIpc) is 3.19. The Morgan fingerprint density at radius 2 is 1.89 bits per heavy atom. The van der Waals surface area contributed by atoms with Crippen molar-refractivity contribution in [3.05, 3.63) is 12.2 Å². The zero-order valence-electron chi connectivity index (χ0n) is 14.6. The van der Waals surface area contributed by atoms with Gasteiger partial charge in [0.2, 0.25) is 0 Å². The number of fused-ring (bicyclic) bond motifs is 6. The minimum absolute atomic E-state index is 0.101. The van der Waals surface area contributed by atoms with Crippen LogP contribution in [0, 0.1) is 0 Å². The van der Waals surface area contributed by atoms with E-state index in [2.05, 4.69) is 24.0 Å². The lowest BCUT2D eigenvalue weighted by Gasteiger charge is -2.32. The number of phosphoric acid groups is 2. The first kappa shape index (κ1) is 19.8. The normalized spacial score (nSPS) is 30.7. The standard InChI is InChI=1S/C12H17N5O9P2/c1-22-27(18,19)25-5-3-6-17-11-7(10(13)14-4-15-11)16-12(17)9(8(5)24-6)26-28(20,21)23-2/h4-6,8-9H,3H2,1-2H3,(H,18,19)(H,20,21)(H2,13,14,15)/t5-,6+,8-,9+/m0/s1. The van der Waals surface area contributed by atoms with Gasteiger partial charge in [-0.3, -0.25) is 22.7 Å². The maximum atomic E-state index is 12.1. The molecule has 6 atom stereocenters. The number of nitrogens with zero attached hydrogens (tertiary/aromatic N) is 4. The van der Waals surface area contributed by atoms with Gasteiger partial charge >= 0.3 is 15.6 Å². The first-order valence-corrected chi connectivity index (χ1v) is 10.9. The summed E-state index contributed by atoms with van der Waals surface area (Å²) in [6.45, 7) is 0. The Bertz CT molecular complexity index is 1010. The molecule has 0 radical (unpaired) electrons. The molecule has 2 aromatic rings. The number of anilines is 1. The predicted molar refractivity (Wildman–Crippen MR) is 90.6 cm³/mol. The minimum atomic E-state index is -4.49. The quantitative estimate of drug-likeness (QED) is 0.534. The van der Waals surface area contributed by atoms with Crippen molar-refractivity contribution < 1.29 is 41.7 Å². The Balaban J connectivity index is 1.81. The molecule has 2 aliphatic heterocycles. The topological polar surface area (TPSA) is 190 Å². The number of aromatic nitrogens is 4. The average molecular weight is 437 g/mol. The van der Waals surface area contributed by atoms with E-state index in [1.54, 1.807) is 0 Å². The number of rotatable bonds is 6. The fourth-order valence-electron chi connectivity index (χ4n) is 3.28. The van der Waals surface area contributed by atoms with Crippen molar-refractivity contribution in [1.29, 1.82) is 0 Å². The largest absolute Gasteiger partial charge is 0.472 e. The maximum Gasteiger partial charge on any atom is 0.472 e. The molecule has 0 aliphatic carbocycles. The van der Waals surface area contributed by atoms with Gasteiger partial charge in [0.25, 0.3) is 0 Å². The van der Waals surface area contributed by atoms with E-state index in [1.165, 1.54) is 10.9 Å². The fourth-order valence-corrected chi connectivity index (χ4v) is 4.50. The molecule has 4 rings (SSSR count). The van der Waals surface area contributed by atoms with Crippen molar-refractivity contribution >= 4 is 32.6 Å². The van der Waals surface area contributed by atoms with Gasteiger partial charge in [-0.25, -0.2) is 24.1 Å². The molecule has 0 amide bonds. The van der Waals surface area contributed by atoms with Crippen molar-refractivity contribution in [2.45, 2.75) is 31.0 Å². The molecule has 0 saturated carbocycles. The van der Waals surface area contributed by atoms with Crippen LogP contribution in [-0.4, -0.2) is 55.7 Å². The van der Waals surface area contributed by atoms with Gasteiger partial charge in [0.1, 0.15) is 30.6 Å². The van der Waals surface area contributed by atoms with Gasteiger partial charge in [-0.2, -0.15) is 0 Å². The van der Waals surface area contributed by atoms with E-state index >= 15 is 0 Å². The molecule has 1 saturated heterocycles. The van der Waals surface area contributed by atoms with Crippen molar-refractivity contribution in [2.24, 2.45) is 0 Å². The molecule has 2 bridgehead atoms. The lowest BCUT2D eigenvalue weighted by atomic mass is 10.1. The van der Waals surface area contributed by atoms with Crippen LogP contribution in [0.5, 0.6) is 0 Å². The van der Waals surface area contributed by atoms with Gasteiger partial charge in [0.15, 0.2) is 23.1 Å². The highest BCUT2D eigenvalue weighted by Crippen LogP contribution is 2.56. The summed E-state index contributed by atoms with van der Waals surface area (Å²) in [6, 6.07) is 0. The first-order valence-electron chi connectivity index (χ1n) is 7.93. The number of ether oxygens (including phenoxy) is 1. The molecule has 16 heteroatoms. The highest BCUT2D eigenvalue weighted by molar-refractivity contribution is 7.47. The van der Waals surface area contributed by atoms with E-state index in [9.17, 15) is 18.9 Å². The molecule has 1 fully saturated rings. The van der Waals surface area contributed by atoms with Gasteiger partial charge in [-0.05, 0) is 0 Å². The molecule has 14 nitrogen and oxygen atoms in total. The van der Waals surface area contributed by atoms with Crippen molar-refractivity contribution in [2.75, 3.05) is 20.0 Å². The summed E-state index contributed by atoms with van der Waals surface area (Å²) in [7, 11) is -6.84. The lowest BCUT2D eigenvalue weighted by molar-refractivity contribution is -0.107. The van der Waals surface area contributed by atoms with E-state index in [0.717, 1.165) is 14.2 Å². The van der Waals surface area contributed by atoms with E-state index in [0.29, 0.717) is 5.65 Å². The second-order valence-corrected chi connectivity index (χ2v) is 9.06. The van der Waals surface area contributed by atoms with E-state index < -0.39 is 40.2 Å². The van der Waals surface area contributed by atoms with E-state index in [4.69, 9.17) is 19.5 Å². The van der Waals surface area contributed by atoms with Crippen molar-refractivity contribution in [1.82, 2.24) is 19.5 Å². The molecule has 2 aromatic heterocycles. The van der Waals surface area contributed by atoms with Crippen molar-refractivity contribution in [3.8, 4) is 0 Å². The Morgan fingerprint density at radius 3 is 2.57 bits per heavy atom. The minimum Gasteiger partial charge on any atom is -0.382 e. The van der Waals surface area contributed by atoms with Crippen LogP contribution in [0.1, 0.15) is 24.6 Å². The number of phosphoric ester groups is 2. The maximum absolute atomic E-state index is 12.1. The molecule has 28 heavy (non-hydrogen) atoms. The van der Waals surface area contributed by atoms with Crippen LogP contribution in [0.3, 0.4) is 0 Å². The second-order valence-electron chi connectivity index (χ2n) is 6.03. The Labute approximate surface area is 157 Å². The summed E-state index contributed by atoms with van der Waals surface area (Å²) in [4.78, 5) is 31.8. The number of imidazole rings is 1. The summed E-state index contributed by atoms with van der Waals surface area (Å²) >= 11 is 0. The Kier molecular flexibility index (Phi) is 4.82. The number of hydrogen-bond donors (Lipinski definition) is 3. The van der Waals surface area contributed by atoms with Gasteiger partial charge < -0.3 is 20.3 Å². The molecule has 2 aliphatic rings. The van der Waals surface area contributed by atoms with Gasteiger partial charge in [0.05, 0.1) is 0 Å². The fraction of sp³-hybridized carbons (Fsp3) is 0.583.